The number of carboxylic acids is 3. The molecule has 11 nitrogen and oxygen atoms in total. The van der Waals surface area contributed by atoms with Crippen LogP contribution in [0, 0.1) is 0 Å². The lowest BCUT2D eigenvalue weighted by Crippen LogP contribution is -2.45. The fourth-order valence-electron chi connectivity index (χ4n) is 7.42. The average molecular weight is 822 g/mol. The van der Waals surface area contributed by atoms with Gasteiger partial charge in [-0.05, 0) is 30.3 Å². The number of hydrogen-bond acceptors (Lipinski definition) is 11. The summed E-state index contributed by atoms with van der Waals surface area (Å²) >= 11 is 5.43. The molecule has 0 saturated heterocycles. The summed E-state index contributed by atoms with van der Waals surface area (Å²) in [5.41, 5.74) is 2.23. The predicted octanol–water partition coefficient (Wildman–Crippen LogP) is 7.60. The Kier molecular flexibility index (Phi) is 13.2. The van der Waals surface area contributed by atoms with Crippen LogP contribution in [-0.4, -0.2) is 96.7 Å². The summed E-state index contributed by atoms with van der Waals surface area (Å²) in [6.45, 7) is 1.55. The molecule has 9 rings (SSSR count). The molecule has 0 bridgehead atoms. The molecule has 0 spiro atoms. The Bertz CT molecular complexity index is 1900. The minimum Gasteiger partial charge on any atom is -0.481 e. The predicted molar refractivity (Wildman–Crippen MR) is 229 cm³/mol. The quantitative estimate of drug-likeness (QED) is 0.195. The largest absolute Gasteiger partial charge is 0.481 e. The van der Waals surface area contributed by atoms with Gasteiger partial charge in [-0.25, -0.2) is 4.98 Å². The number of aromatic nitrogens is 2. The van der Waals surface area contributed by atoms with Crippen LogP contribution in [0.1, 0.15) is 19.3 Å². The Labute approximate surface area is 344 Å². The van der Waals surface area contributed by atoms with Gasteiger partial charge in [0.05, 0.1) is 69.4 Å². The molecule has 6 atom stereocenters. The van der Waals surface area contributed by atoms with Crippen molar-refractivity contribution in [2.24, 2.45) is 0 Å². The van der Waals surface area contributed by atoms with Crippen molar-refractivity contribution >= 4 is 70.4 Å². The lowest BCUT2D eigenvalue weighted by Gasteiger charge is -2.41. The highest BCUT2D eigenvalue weighted by Gasteiger charge is 2.35. The van der Waals surface area contributed by atoms with E-state index in [0.717, 1.165) is 27.0 Å². The monoisotopic (exact) mass is 821 g/mol. The van der Waals surface area contributed by atoms with E-state index in [2.05, 4.69) is 79.3 Å². The smallest absolute Gasteiger partial charge is 0.305 e. The maximum Gasteiger partial charge on any atom is 0.305 e. The number of thioether (sulfide) groups is 3. The summed E-state index contributed by atoms with van der Waals surface area (Å²) in [4.78, 5) is 51.1. The molecule has 1 aromatic carbocycles. The highest BCUT2D eigenvalue weighted by atomic mass is 32.2. The van der Waals surface area contributed by atoms with Crippen LogP contribution in [-0.2, 0) is 14.4 Å². The van der Waals surface area contributed by atoms with Crippen LogP contribution in [0.4, 0.5) is 17.2 Å². The summed E-state index contributed by atoms with van der Waals surface area (Å²) < 4.78 is 0. The second-order valence-electron chi connectivity index (χ2n) is 13.7. The van der Waals surface area contributed by atoms with Gasteiger partial charge >= 0.3 is 17.9 Å². The van der Waals surface area contributed by atoms with Crippen molar-refractivity contribution in [2.45, 2.75) is 67.8 Å². The van der Waals surface area contributed by atoms with E-state index in [0.29, 0.717) is 35.4 Å². The third-order valence-electron chi connectivity index (χ3n) is 10.0. The van der Waals surface area contributed by atoms with Crippen LogP contribution in [0.25, 0.3) is 0 Å². The van der Waals surface area contributed by atoms with Gasteiger partial charge in [0.15, 0.2) is 0 Å². The first-order valence-corrected chi connectivity index (χ1v) is 21.4. The van der Waals surface area contributed by atoms with Gasteiger partial charge in [0.2, 0.25) is 0 Å². The maximum atomic E-state index is 10.9. The summed E-state index contributed by atoms with van der Waals surface area (Å²) in [6, 6.07) is 14.8. The van der Waals surface area contributed by atoms with E-state index >= 15 is 0 Å². The topological polar surface area (TPSA) is 147 Å². The number of para-hydroxylation sites is 1. The van der Waals surface area contributed by atoms with Gasteiger partial charge in [0.25, 0.3) is 0 Å². The summed E-state index contributed by atoms with van der Waals surface area (Å²) in [7, 11) is 0. The molecule has 0 radical (unpaired) electrons. The molecule has 3 aliphatic heterocycles. The second-order valence-corrected chi connectivity index (χ2v) is 17.3. The Balaban J connectivity index is 0.000000131. The molecule has 3 aliphatic carbocycles. The number of pyridine rings is 2. The van der Waals surface area contributed by atoms with Crippen LogP contribution in [0.5, 0.6) is 0 Å². The minimum atomic E-state index is -0.775. The van der Waals surface area contributed by atoms with E-state index in [4.69, 9.17) is 15.3 Å². The first-order chi connectivity index (χ1) is 27.8. The van der Waals surface area contributed by atoms with E-state index in [1.165, 1.54) is 4.90 Å². The molecule has 294 valence electrons. The van der Waals surface area contributed by atoms with Gasteiger partial charge in [-0.15, -0.1) is 35.3 Å². The lowest BCUT2D eigenvalue weighted by atomic mass is 10.0. The molecule has 5 heterocycles. The summed E-state index contributed by atoms with van der Waals surface area (Å²) in [5.74, 6) is -1.39. The van der Waals surface area contributed by atoms with E-state index in [1.807, 2.05) is 78.7 Å². The Hall–Kier alpha value is -5.18. The summed E-state index contributed by atoms with van der Waals surface area (Å²) in [5, 5.41) is 27.8. The first kappa shape index (κ1) is 40.0. The van der Waals surface area contributed by atoms with Gasteiger partial charge in [0.1, 0.15) is 5.82 Å². The third kappa shape index (κ3) is 9.69. The van der Waals surface area contributed by atoms with Gasteiger partial charge in [-0.3, -0.25) is 19.4 Å². The molecular weight excluding hydrogens is 779 g/mol. The van der Waals surface area contributed by atoms with Gasteiger partial charge < -0.3 is 30.0 Å². The molecule has 0 amide bonds. The molecule has 57 heavy (non-hydrogen) atoms. The Morgan fingerprint density at radius 3 is 1.56 bits per heavy atom. The minimum absolute atomic E-state index is 0.126. The standard InChI is InChI=1S/C15H15NO2S.2C14H14N2O2S/c17-15(18)9-10-16-11-5-1-3-7-13(11)19-14-8-4-2-6-12(14)16;17-13(18)7-9-16-10-4-1-2-5-11(10)19-12-6-3-8-15-14(12)16;17-14(18)6-8-16-10-3-1-2-4-12(10)19-13-9-15-7-5-11(13)16/h1-8,11,13H,9-10H2,(H,17,18);1-6,8,10-11H,7,9H2,(H,17,18);1-5,7,9-10,12H,6,8H2,(H,17,18). The number of nitrogens with zero attached hydrogens (tertiary/aromatic N) is 5. The molecule has 6 unspecified atom stereocenters. The second kappa shape index (κ2) is 18.8. The van der Waals surface area contributed by atoms with Gasteiger partial charge in [-0.1, -0.05) is 85.0 Å². The van der Waals surface area contributed by atoms with E-state index in [-0.39, 0.29) is 37.4 Å². The van der Waals surface area contributed by atoms with E-state index in [9.17, 15) is 14.4 Å². The normalized spacial score (nSPS) is 23.9. The molecule has 0 saturated carbocycles. The first-order valence-electron chi connectivity index (χ1n) is 18.7. The fraction of sp³-hybridized carbons (Fsp3) is 0.279. The molecule has 14 heteroatoms. The third-order valence-corrected chi connectivity index (χ3v) is 13.9. The van der Waals surface area contributed by atoms with Crippen LogP contribution in [0.15, 0.2) is 149 Å². The van der Waals surface area contributed by atoms with Crippen LogP contribution in [0.2, 0.25) is 0 Å². The fourth-order valence-corrected chi connectivity index (χ4v) is 11.3. The molecular formula is C43H43N5O6S3. The van der Waals surface area contributed by atoms with Crippen LogP contribution < -0.4 is 14.7 Å². The van der Waals surface area contributed by atoms with Crippen LogP contribution >= 0.6 is 35.3 Å². The van der Waals surface area contributed by atoms with Crippen molar-refractivity contribution in [2.75, 3.05) is 34.3 Å². The van der Waals surface area contributed by atoms with Crippen LogP contribution in [0.3, 0.4) is 0 Å². The number of aliphatic carboxylic acids is 3. The Morgan fingerprint density at radius 1 is 0.526 bits per heavy atom. The number of benzene rings is 1. The Morgan fingerprint density at radius 2 is 0.982 bits per heavy atom. The number of anilines is 3. The molecule has 6 aliphatic rings. The van der Waals surface area contributed by atoms with E-state index in [1.54, 1.807) is 35.9 Å². The van der Waals surface area contributed by atoms with Crippen molar-refractivity contribution < 1.29 is 29.7 Å². The zero-order valence-corrected chi connectivity index (χ0v) is 33.4. The van der Waals surface area contributed by atoms with Crippen molar-refractivity contribution in [3.8, 4) is 0 Å². The van der Waals surface area contributed by atoms with E-state index < -0.39 is 17.9 Å². The van der Waals surface area contributed by atoms with Gasteiger partial charge in [-0.2, -0.15) is 0 Å². The number of fused-ring (bicyclic) bond motifs is 6. The number of hydrogen-bond donors (Lipinski definition) is 3. The highest BCUT2D eigenvalue weighted by molar-refractivity contribution is 8.00. The number of allylic oxidation sites excluding steroid dienone is 6. The SMILES string of the molecule is O=C(O)CCN1c2ccccc2SC2C=CC=CC21.O=C(O)CCN1c2ccncc2SC2C=CC=CC21.O=C(O)CCN1c2ncccc2SC2C=CC=CC21. The number of carbonyl (C=O) groups is 3. The highest BCUT2D eigenvalue weighted by Crippen LogP contribution is 2.45. The lowest BCUT2D eigenvalue weighted by molar-refractivity contribution is -0.137. The zero-order valence-electron chi connectivity index (χ0n) is 30.9. The van der Waals surface area contributed by atoms with Gasteiger partial charge in [0, 0.05) is 48.0 Å². The average Bonchev–Trinajstić information content (AvgIpc) is 3.22. The van der Waals surface area contributed by atoms with Crippen molar-refractivity contribution in [3.63, 3.8) is 0 Å². The van der Waals surface area contributed by atoms with Crippen molar-refractivity contribution in [3.05, 3.63) is 134 Å². The summed E-state index contributed by atoms with van der Waals surface area (Å²) in [6.07, 6.45) is 31.0. The maximum absolute atomic E-state index is 10.9. The van der Waals surface area contributed by atoms with Crippen molar-refractivity contribution in [1.82, 2.24) is 9.97 Å². The molecule has 3 aromatic rings. The zero-order chi connectivity index (χ0) is 39.7. The number of carboxylic acid groups (broad SMARTS) is 3. The van der Waals surface area contributed by atoms with Crippen molar-refractivity contribution in [1.29, 1.82) is 0 Å². The molecule has 3 N–H and O–H groups in total. The molecule has 0 fully saturated rings. The molecule has 2 aromatic heterocycles. The number of rotatable bonds is 9.